The van der Waals surface area contributed by atoms with E-state index in [1.165, 1.54) is 0 Å². The molecule has 94 valence electrons. The summed E-state index contributed by atoms with van der Waals surface area (Å²) < 4.78 is 7.61. The Morgan fingerprint density at radius 2 is 2.00 bits per heavy atom. The Labute approximate surface area is 110 Å². The summed E-state index contributed by atoms with van der Waals surface area (Å²) in [6.45, 7) is 0. The number of hydrogen-bond acceptors (Lipinski definition) is 3. The summed E-state index contributed by atoms with van der Waals surface area (Å²) in [6.07, 6.45) is 0.793. The number of carbonyl (C=O) groups is 1. The van der Waals surface area contributed by atoms with Crippen LogP contribution in [0.5, 0.6) is 11.8 Å². The molecule has 1 heterocycles. The van der Waals surface area contributed by atoms with Crippen molar-refractivity contribution >= 4 is 17.3 Å². The van der Waals surface area contributed by atoms with Gasteiger partial charge in [-0.15, -0.1) is 0 Å². The monoisotopic (exact) mass is 252 g/mol. The molecule has 0 fully saturated rings. The molecule has 2 aromatic carbocycles. The van der Waals surface area contributed by atoms with E-state index in [-0.39, 0.29) is 0 Å². The van der Waals surface area contributed by atoms with Crippen molar-refractivity contribution < 1.29 is 9.53 Å². The second-order valence-electron chi connectivity index (χ2n) is 4.23. The number of para-hydroxylation sites is 2. The van der Waals surface area contributed by atoms with Gasteiger partial charge >= 0.3 is 6.01 Å². The van der Waals surface area contributed by atoms with Gasteiger partial charge in [0.05, 0.1) is 11.0 Å². The van der Waals surface area contributed by atoms with Gasteiger partial charge in [0, 0.05) is 12.6 Å². The number of aryl methyl sites for hydroxylation is 1. The second kappa shape index (κ2) is 4.57. The third-order valence-corrected chi connectivity index (χ3v) is 2.95. The van der Waals surface area contributed by atoms with Crippen LogP contribution in [0.15, 0.2) is 48.5 Å². The van der Waals surface area contributed by atoms with E-state index in [2.05, 4.69) is 4.98 Å². The Kier molecular flexibility index (Phi) is 2.76. The summed E-state index contributed by atoms with van der Waals surface area (Å²) in [7, 11) is 1.90. The quantitative estimate of drug-likeness (QED) is 0.672. The van der Waals surface area contributed by atoms with Crippen molar-refractivity contribution in [1.29, 1.82) is 0 Å². The fraction of sp³-hybridized carbons (Fsp3) is 0.0667. The van der Waals surface area contributed by atoms with Crippen LogP contribution in [0.25, 0.3) is 11.0 Å². The lowest BCUT2D eigenvalue weighted by Crippen LogP contribution is -1.94. The molecule has 3 rings (SSSR count). The van der Waals surface area contributed by atoms with Crippen molar-refractivity contribution in [3.63, 3.8) is 0 Å². The lowest BCUT2D eigenvalue weighted by Gasteiger charge is -2.05. The first kappa shape index (κ1) is 11.5. The smallest absolute Gasteiger partial charge is 0.302 e. The zero-order valence-electron chi connectivity index (χ0n) is 10.4. The number of nitrogens with zero attached hydrogens (tertiary/aromatic N) is 2. The minimum atomic E-state index is 0.504. The molecule has 0 aliphatic rings. The SMILES string of the molecule is Cn1c(Oc2cccc(C=O)c2)nc2ccccc21. The van der Waals surface area contributed by atoms with Gasteiger partial charge in [-0.1, -0.05) is 24.3 Å². The highest BCUT2D eigenvalue weighted by Gasteiger charge is 2.09. The number of rotatable bonds is 3. The molecule has 0 radical (unpaired) electrons. The molecular weight excluding hydrogens is 240 g/mol. The van der Waals surface area contributed by atoms with E-state index in [4.69, 9.17) is 4.74 Å². The van der Waals surface area contributed by atoms with Crippen LogP contribution in [0, 0.1) is 0 Å². The predicted molar refractivity (Wildman–Crippen MR) is 72.6 cm³/mol. The van der Waals surface area contributed by atoms with E-state index in [0.29, 0.717) is 17.3 Å². The summed E-state index contributed by atoms with van der Waals surface area (Å²) >= 11 is 0. The maximum Gasteiger partial charge on any atom is 0.302 e. The topological polar surface area (TPSA) is 44.1 Å². The molecule has 0 unspecified atom stereocenters. The number of hydrogen-bond donors (Lipinski definition) is 0. The molecule has 0 atom stereocenters. The van der Waals surface area contributed by atoms with E-state index in [1.807, 2.05) is 35.9 Å². The van der Waals surface area contributed by atoms with Crippen LogP contribution in [-0.2, 0) is 7.05 Å². The zero-order chi connectivity index (χ0) is 13.2. The van der Waals surface area contributed by atoms with Gasteiger partial charge in [-0.3, -0.25) is 9.36 Å². The lowest BCUT2D eigenvalue weighted by molar-refractivity contribution is 0.112. The summed E-state index contributed by atoms with van der Waals surface area (Å²) in [5, 5.41) is 0. The highest BCUT2D eigenvalue weighted by atomic mass is 16.5. The van der Waals surface area contributed by atoms with Gasteiger partial charge in [0.1, 0.15) is 12.0 Å². The summed E-state index contributed by atoms with van der Waals surface area (Å²) in [5.74, 6) is 0.600. The number of imidazole rings is 1. The normalized spacial score (nSPS) is 10.6. The third-order valence-electron chi connectivity index (χ3n) is 2.95. The van der Waals surface area contributed by atoms with Crippen LogP contribution >= 0.6 is 0 Å². The number of carbonyl (C=O) groups excluding carboxylic acids is 1. The van der Waals surface area contributed by atoms with E-state index < -0.39 is 0 Å². The van der Waals surface area contributed by atoms with Crippen LogP contribution in [-0.4, -0.2) is 15.8 Å². The highest BCUT2D eigenvalue weighted by Crippen LogP contribution is 2.24. The van der Waals surface area contributed by atoms with E-state index in [1.54, 1.807) is 24.3 Å². The Hall–Kier alpha value is -2.62. The van der Waals surface area contributed by atoms with Crippen molar-refractivity contribution in [3.05, 3.63) is 54.1 Å². The molecule has 0 bridgehead atoms. The van der Waals surface area contributed by atoms with Crippen molar-refractivity contribution in [1.82, 2.24) is 9.55 Å². The van der Waals surface area contributed by atoms with Crippen LogP contribution < -0.4 is 4.74 Å². The Morgan fingerprint density at radius 3 is 2.79 bits per heavy atom. The fourth-order valence-corrected chi connectivity index (χ4v) is 1.97. The van der Waals surface area contributed by atoms with Crippen molar-refractivity contribution in [3.8, 4) is 11.8 Å². The average molecular weight is 252 g/mol. The Balaban J connectivity index is 2.00. The van der Waals surface area contributed by atoms with Crippen LogP contribution in [0.2, 0.25) is 0 Å². The first-order chi connectivity index (χ1) is 9.28. The maximum absolute atomic E-state index is 10.7. The lowest BCUT2D eigenvalue weighted by atomic mass is 10.2. The van der Waals surface area contributed by atoms with Crippen molar-refractivity contribution in [2.24, 2.45) is 7.05 Å². The maximum atomic E-state index is 10.7. The summed E-state index contributed by atoms with van der Waals surface area (Å²) in [5.41, 5.74) is 2.46. The van der Waals surface area contributed by atoms with Gasteiger partial charge in [-0.25, -0.2) is 0 Å². The molecule has 1 aromatic heterocycles. The average Bonchev–Trinajstić information content (AvgIpc) is 2.76. The standard InChI is InChI=1S/C15H12N2O2/c1-17-14-8-3-2-7-13(14)16-15(17)19-12-6-4-5-11(9-12)10-18/h2-10H,1H3. The van der Waals surface area contributed by atoms with Gasteiger partial charge in [0.25, 0.3) is 0 Å². The number of aromatic nitrogens is 2. The first-order valence-electron chi connectivity index (χ1n) is 5.92. The Bertz CT molecular complexity index is 747. The van der Waals surface area contributed by atoms with Crippen LogP contribution in [0.4, 0.5) is 0 Å². The molecule has 0 saturated heterocycles. The Morgan fingerprint density at radius 1 is 1.16 bits per heavy atom. The second-order valence-corrected chi connectivity index (χ2v) is 4.23. The number of fused-ring (bicyclic) bond motifs is 1. The van der Waals surface area contributed by atoms with E-state index in [9.17, 15) is 4.79 Å². The zero-order valence-corrected chi connectivity index (χ0v) is 10.4. The van der Waals surface area contributed by atoms with Crippen molar-refractivity contribution in [2.75, 3.05) is 0 Å². The van der Waals surface area contributed by atoms with Gasteiger partial charge in [-0.2, -0.15) is 4.98 Å². The molecule has 3 aromatic rings. The van der Waals surface area contributed by atoms with Crippen molar-refractivity contribution in [2.45, 2.75) is 0 Å². The fourth-order valence-electron chi connectivity index (χ4n) is 1.97. The van der Waals surface area contributed by atoms with E-state index >= 15 is 0 Å². The predicted octanol–water partition coefficient (Wildman–Crippen LogP) is 3.18. The largest absolute Gasteiger partial charge is 0.425 e. The first-order valence-corrected chi connectivity index (χ1v) is 5.92. The molecule has 4 heteroatoms. The molecule has 0 aliphatic carbocycles. The van der Waals surface area contributed by atoms with E-state index in [0.717, 1.165) is 17.3 Å². The summed E-state index contributed by atoms with van der Waals surface area (Å²) in [4.78, 5) is 15.2. The summed E-state index contributed by atoms with van der Waals surface area (Å²) in [6, 6.07) is 15.3. The molecule has 0 aliphatic heterocycles. The molecule has 0 saturated carbocycles. The molecule has 0 spiro atoms. The molecule has 0 N–H and O–H groups in total. The number of ether oxygens (including phenoxy) is 1. The minimum Gasteiger partial charge on any atom is -0.425 e. The van der Waals surface area contributed by atoms with Crippen LogP contribution in [0.3, 0.4) is 0 Å². The molecule has 0 amide bonds. The molecule has 19 heavy (non-hydrogen) atoms. The van der Waals surface area contributed by atoms with Gasteiger partial charge < -0.3 is 4.74 Å². The van der Waals surface area contributed by atoms with Crippen LogP contribution in [0.1, 0.15) is 10.4 Å². The number of benzene rings is 2. The van der Waals surface area contributed by atoms with Gasteiger partial charge in [0.15, 0.2) is 0 Å². The number of aldehydes is 1. The highest BCUT2D eigenvalue weighted by molar-refractivity contribution is 5.77. The molecule has 4 nitrogen and oxygen atoms in total. The van der Waals surface area contributed by atoms with Gasteiger partial charge in [0.2, 0.25) is 0 Å². The molecular formula is C15H12N2O2. The minimum absolute atomic E-state index is 0.504. The van der Waals surface area contributed by atoms with Gasteiger partial charge in [-0.05, 0) is 24.3 Å². The third kappa shape index (κ3) is 2.08.